The van der Waals surface area contributed by atoms with Gasteiger partial charge in [0.1, 0.15) is 6.54 Å². The largest absolute Gasteiger partial charge is 0.465 e. The third kappa shape index (κ3) is 5.24. The van der Waals surface area contributed by atoms with E-state index in [1.54, 1.807) is 18.2 Å². The quantitative estimate of drug-likeness (QED) is 0.734. The van der Waals surface area contributed by atoms with Gasteiger partial charge in [0.25, 0.3) is 0 Å². The Morgan fingerprint density at radius 2 is 2.00 bits per heavy atom. The minimum absolute atomic E-state index is 0.0166. The van der Waals surface area contributed by atoms with Crippen LogP contribution in [0.3, 0.4) is 0 Å². The van der Waals surface area contributed by atoms with Gasteiger partial charge in [-0.3, -0.25) is 9.69 Å². The average Bonchev–Trinajstić information content (AvgIpc) is 2.31. The van der Waals surface area contributed by atoms with Gasteiger partial charge in [-0.25, -0.2) is 4.79 Å². The normalized spacial score (nSPS) is 11.9. The van der Waals surface area contributed by atoms with E-state index in [2.05, 4.69) is 0 Å². The monoisotopic (exact) mass is 319 g/mol. The standard InChI is InChI=1S/C12H15Cl2N3O3/c13-8-2-1-7(10(14)4-8)3-9(15)5-17(12(19)20)6-11(16)18/h1-2,4,9H,3,5-6,15H2,(H2,16,18)(H,19,20)/t9-/m1/s1. The van der Waals surface area contributed by atoms with E-state index >= 15 is 0 Å². The molecular weight excluding hydrogens is 305 g/mol. The molecule has 0 saturated carbocycles. The smallest absolute Gasteiger partial charge is 0.407 e. The maximum absolute atomic E-state index is 11.0. The maximum atomic E-state index is 11.0. The highest BCUT2D eigenvalue weighted by molar-refractivity contribution is 6.35. The van der Waals surface area contributed by atoms with Crippen LogP contribution in [0, 0.1) is 0 Å². The van der Waals surface area contributed by atoms with Crippen molar-refractivity contribution in [3.05, 3.63) is 33.8 Å². The van der Waals surface area contributed by atoms with Crippen LogP contribution in [0.2, 0.25) is 10.0 Å². The first-order valence-electron chi connectivity index (χ1n) is 5.75. The summed E-state index contributed by atoms with van der Waals surface area (Å²) in [7, 11) is 0. The maximum Gasteiger partial charge on any atom is 0.407 e. The van der Waals surface area contributed by atoms with Crippen LogP contribution in [0.1, 0.15) is 5.56 Å². The molecule has 5 N–H and O–H groups in total. The number of carbonyl (C=O) groups is 2. The third-order valence-corrected chi connectivity index (χ3v) is 3.16. The van der Waals surface area contributed by atoms with Crippen molar-refractivity contribution in [3.8, 4) is 0 Å². The Kier molecular flexibility index (Phi) is 6.06. The SMILES string of the molecule is NC(=O)CN(C[C@H](N)Cc1ccc(Cl)cc1Cl)C(=O)O. The molecule has 6 nitrogen and oxygen atoms in total. The minimum Gasteiger partial charge on any atom is -0.465 e. The summed E-state index contributed by atoms with van der Waals surface area (Å²) in [6.07, 6.45) is -0.889. The van der Waals surface area contributed by atoms with Crippen LogP contribution in [0.25, 0.3) is 0 Å². The highest BCUT2D eigenvalue weighted by atomic mass is 35.5. The topological polar surface area (TPSA) is 110 Å². The summed E-state index contributed by atoms with van der Waals surface area (Å²) < 4.78 is 0. The molecule has 1 rings (SSSR count). The van der Waals surface area contributed by atoms with Crippen LogP contribution in [-0.4, -0.2) is 41.1 Å². The van der Waals surface area contributed by atoms with Gasteiger partial charge in [0.05, 0.1) is 0 Å². The summed E-state index contributed by atoms with van der Waals surface area (Å²) in [6, 6.07) is 4.48. The fourth-order valence-electron chi connectivity index (χ4n) is 1.72. The number of nitrogens with zero attached hydrogens (tertiary/aromatic N) is 1. The fourth-order valence-corrected chi connectivity index (χ4v) is 2.20. The molecule has 0 spiro atoms. The van der Waals surface area contributed by atoms with Crippen molar-refractivity contribution in [2.45, 2.75) is 12.5 Å². The van der Waals surface area contributed by atoms with Gasteiger partial charge in [-0.05, 0) is 24.1 Å². The Labute approximate surface area is 126 Å². The lowest BCUT2D eigenvalue weighted by Crippen LogP contribution is -2.45. The molecule has 2 amide bonds. The highest BCUT2D eigenvalue weighted by Crippen LogP contribution is 2.22. The van der Waals surface area contributed by atoms with Gasteiger partial charge >= 0.3 is 6.09 Å². The second kappa shape index (κ2) is 7.33. The Morgan fingerprint density at radius 1 is 1.35 bits per heavy atom. The predicted molar refractivity (Wildman–Crippen MR) is 76.9 cm³/mol. The third-order valence-electron chi connectivity index (χ3n) is 2.57. The van der Waals surface area contributed by atoms with Crippen LogP contribution in [-0.2, 0) is 11.2 Å². The molecule has 0 aliphatic rings. The van der Waals surface area contributed by atoms with Crippen molar-refractivity contribution in [2.75, 3.05) is 13.1 Å². The van der Waals surface area contributed by atoms with Gasteiger partial charge in [0, 0.05) is 22.6 Å². The molecule has 0 fully saturated rings. The number of rotatable bonds is 6. The molecule has 1 aromatic rings. The van der Waals surface area contributed by atoms with E-state index in [9.17, 15) is 9.59 Å². The zero-order valence-corrected chi connectivity index (χ0v) is 12.1. The number of hydrogen-bond donors (Lipinski definition) is 3. The number of benzene rings is 1. The zero-order chi connectivity index (χ0) is 15.3. The number of halogens is 2. The lowest BCUT2D eigenvalue weighted by molar-refractivity contribution is -0.118. The van der Waals surface area contributed by atoms with Gasteiger partial charge in [0.2, 0.25) is 5.91 Å². The number of hydrogen-bond acceptors (Lipinski definition) is 3. The zero-order valence-electron chi connectivity index (χ0n) is 10.6. The number of carbonyl (C=O) groups excluding carboxylic acids is 1. The molecule has 1 atom stereocenters. The summed E-state index contributed by atoms with van der Waals surface area (Å²) in [5.41, 5.74) is 11.6. The van der Waals surface area contributed by atoms with Crippen molar-refractivity contribution < 1.29 is 14.7 Å². The van der Waals surface area contributed by atoms with E-state index < -0.39 is 24.6 Å². The number of primary amides is 1. The molecule has 20 heavy (non-hydrogen) atoms. The van der Waals surface area contributed by atoms with Crippen molar-refractivity contribution in [2.24, 2.45) is 11.5 Å². The molecule has 0 saturated heterocycles. The Hall–Kier alpha value is -1.50. The fraction of sp³-hybridized carbons (Fsp3) is 0.333. The molecule has 0 heterocycles. The predicted octanol–water partition coefficient (Wildman–Crippen LogP) is 1.33. The molecule has 1 aromatic carbocycles. The van der Waals surface area contributed by atoms with E-state index in [1.165, 1.54) is 0 Å². The molecule has 0 radical (unpaired) electrons. The van der Waals surface area contributed by atoms with Crippen molar-refractivity contribution >= 4 is 35.2 Å². The molecule has 0 bridgehead atoms. The summed E-state index contributed by atoms with van der Waals surface area (Å²) in [4.78, 5) is 22.6. The highest BCUT2D eigenvalue weighted by Gasteiger charge is 2.18. The summed E-state index contributed by atoms with van der Waals surface area (Å²) in [6.45, 7) is -0.408. The molecule has 0 aliphatic carbocycles. The van der Waals surface area contributed by atoms with Crippen molar-refractivity contribution in [1.29, 1.82) is 0 Å². The summed E-state index contributed by atoms with van der Waals surface area (Å²) in [5.74, 6) is -0.732. The average molecular weight is 320 g/mol. The van der Waals surface area contributed by atoms with Gasteiger partial charge in [-0.2, -0.15) is 0 Å². The minimum atomic E-state index is -1.25. The van der Waals surface area contributed by atoms with Gasteiger partial charge in [-0.1, -0.05) is 29.3 Å². The van der Waals surface area contributed by atoms with E-state index in [0.29, 0.717) is 16.5 Å². The summed E-state index contributed by atoms with van der Waals surface area (Å²) in [5, 5.41) is 9.92. The Balaban J connectivity index is 2.67. The van der Waals surface area contributed by atoms with Gasteiger partial charge in [-0.15, -0.1) is 0 Å². The van der Waals surface area contributed by atoms with Crippen LogP contribution < -0.4 is 11.5 Å². The van der Waals surface area contributed by atoms with E-state index in [-0.39, 0.29) is 6.54 Å². The molecular formula is C12H15Cl2N3O3. The van der Waals surface area contributed by atoms with Crippen LogP contribution in [0.4, 0.5) is 4.79 Å². The molecule has 8 heteroatoms. The molecule has 0 aliphatic heterocycles. The van der Waals surface area contributed by atoms with Crippen molar-refractivity contribution in [1.82, 2.24) is 4.90 Å². The van der Waals surface area contributed by atoms with Crippen LogP contribution >= 0.6 is 23.2 Å². The Bertz CT molecular complexity index is 511. The summed E-state index contributed by atoms with van der Waals surface area (Å²) >= 11 is 11.8. The van der Waals surface area contributed by atoms with E-state index in [1.807, 2.05) is 0 Å². The second-order valence-electron chi connectivity index (χ2n) is 4.33. The van der Waals surface area contributed by atoms with Gasteiger partial charge in [0.15, 0.2) is 0 Å². The first kappa shape index (κ1) is 16.6. The first-order chi connectivity index (χ1) is 9.29. The molecule has 0 unspecified atom stereocenters. The number of nitrogens with two attached hydrogens (primary N) is 2. The Morgan fingerprint density at radius 3 is 2.50 bits per heavy atom. The van der Waals surface area contributed by atoms with Crippen molar-refractivity contribution in [3.63, 3.8) is 0 Å². The number of carboxylic acid groups (broad SMARTS) is 1. The first-order valence-corrected chi connectivity index (χ1v) is 6.51. The van der Waals surface area contributed by atoms with Crippen LogP contribution in [0.5, 0.6) is 0 Å². The van der Waals surface area contributed by atoms with Gasteiger partial charge < -0.3 is 16.6 Å². The molecule has 110 valence electrons. The second-order valence-corrected chi connectivity index (χ2v) is 5.17. The number of amides is 2. The lowest BCUT2D eigenvalue weighted by Gasteiger charge is -2.22. The lowest BCUT2D eigenvalue weighted by atomic mass is 10.1. The molecule has 0 aromatic heterocycles. The van der Waals surface area contributed by atoms with E-state index in [0.717, 1.165) is 10.5 Å². The van der Waals surface area contributed by atoms with E-state index in [4.69, 9.17) is 39.8 Å². The van der Waals surface area contributed by atoms with Crippen LogP contribution in [0.15, 0.2) is 18.2 Å².